The molecule has 0 saturated heterocycles. The molecule has 0 saturated carbocycles. The van der Waals surface area contributed by atoms with Crippen LogP contribution in [0.25, 0.3) is 10.9 Å². The van der Waals surface area contributed by atoms with Gasteiger partial charge >= 0.3 is 0 Å². The van der Waals surface area contributed by atoms with Crippen molar-refractivity contribution in [2.75, 3.05) is 17.6 Å². The van der Waals surface area contributed by atoms with Crippen molar-refractivity contribution in [1.82, 2.24) is 20.1 Å². The molecule has 21 heavy (non-hydrogen) atoms. The fourth-order valence-corrected chi connectivity index (χ4v) is 1.98. The maximum absolute atomic E-state index is 12.0. The van der Waals surface area contributed by atoms with Crippen LogP contribution in [0.15, 0.2) is 27.5 Å². The van der Waals surface area contributed by atoms with Gasteiger partial charge in [-0.05, 0) is 18.2 Å². The summed E-state index contributed by atoms with van der Waals surface area (Å²) in [5, 5.41) is 7.29. The number of aromatic nitrogens is 4. The summed E-state index contributed by atoms with van der Waals surface area (Å²) >= 11 is 0. The molecule has 0 spiro atoms. The van der Waals surface area contributed by atoms with Crippen molar-refractivity contribution in [3.8, 4) is 0 Å². The molecule has 0 aliphatic rings. The highest BCUT2D eigenvalue weighted by Gasteiger charge is 2.05. The van der Waals surface area contributed by atoms with Crippen LogP contribution < -0.4 is 16.6 Å². The largest absolute Gasteiger partial charge is 0.399 e. The van der Waals surface area contributed by atoms with E-state index in [0.29, 0.717) is 47.2 Å². The van der Waals surface area contributed by atoms with E-state index >= 15 is 0 Å². The van der Waals surface area contributed by atoms with Crippen LogP contribution in [0.4, 0.5) is 11.6 Å². The van der Waals surface area contributed by atoms with Gasteiger partial charge in [0.25, 0.3) is 5.56 Å². The van der Waals surface area contributed by atoms with Gasteiger partial charge < -0.3 is 15.6 Å². The molecular weight excluding hydrogens is 272 g/mol. The van der Waals surface area contributed by atoms with Gasteiger partial charge in [-0.1, -0.05) is 5.16 Å². The molecule has 2 heterocycles. The Labute approximate surface area is 119 Å². The Morgan fingerprint density at radius 3 is 3.00 bits per heavy atom. The van der Waals surface area contributed by atoms with Gasteiger partial charge in [-0.3, -0.25) is 9.78 Å². The first-order valence-electron chi connectivity index (χ1n) is 6.44. The molecule has 0 aliphatic carbocycles. The quantitative estimate of drug-likeness (QED) is 0.607. The van der Waals surface area contributed by atoms with Crippen molar-refractivity contribution in [3.05, 3.63) is 40.3 Å². The van der Waals surface area contributed by atoms with E-state index in [0.717, 1.165) is 0 Å². The second-order valence-electron chi connectivity index (χ2n) is 4.60. The van der Waals surface area contributed by atoms with Crippen molar-refractivity contribution in [2.45, 2.75) is 13.3 Å². The summed E-state index contributed by atoms with van der Waals surface area (Å²) in [6.07, 6.45) is 0.570. The zero-order valence-electron chi connectivity index (χ0n) is 11.4. The lowest BCUT2D eigenvalue weighted by molar-refractivity contribution is 0.387. The molecule has 0 fully saturated rings. The van der Waals surface area contributed by atoms with Crippen molar-refractivity contribution in [1.29, 1.82) is 0 Å². The average Bonchev–Trinajstić information content (AvgIpc) is 2.85. The lowest BCUT2D eigenvalue weighted by atomic mass is 10.2. The molecule has 1 aromatic carbocycles. The fourth-order valence-electron chi connectivity index (χ4n) is 1.98. The normalized spacial score (nSPS) is 10.9. The number of aryl methyl sites for hydroxylation is 1. The molecule has 108 valence electrons. The van der Waals surface area contributed by atoms with Crippen LogP contribution in [-0.4, -0.2) is 26.7 Å². The lowest BCUT2D eigenvalue weighted by Crippen LogP contribution is -2.15. The summed E-state index contributed by atoms with van der Waals surface area (Å²) in [5.41, 5.74) is 6.55. The van der Waals surface area contributed by atoms with Crippen molar-refractivity contribution in [3.63, 3.8) is 0 Å². The predicted molar refractivity (Wildman–Crippen MR) is 78.0 cm³/mol. The maximum atomic E-state index is 12.0. The monoisotopic (exact) mass is 286 g/mol. The van der Waals surface area contributed by atoms with E-state index in [9.17, 15) is 4.79 Å². The minimum atomic E-state index is -0.231. The fraction of sp³-hybridized carbons (Fsp3) is 0.231. The van der Waals surface area contributed by atoms with Crippen molar-refractivity contribution < 1.29 is 4.52 Å². The number of hydrogen-bond acceptors (Lipinski definition) is 7. The minimum absolute atomic E-state index is 0.231. The number of nitrogens with zero attached hydrogens (tertiary/aromatic N) is 3. The van der Waals surface area contributed by atoms with E-state index in [1.54, 1.807) is 25.1 Å². The van der Waals surface area contributed by atoms with E-state index in [-0.39, 0.29) is 5.56 Å². The van der Waals surface area contributed by atoms with Gasteiger partial charge in [0.1, 0.15) is 0 Å². The van der Waals surface area contributed by atoms with Crippen molar-refractivity contribution >= 4 is 22.5 Å². The zero-order chi connectivity index (χ0) is 14.8. The van der Waals surface area contributed by atoms with Crippen molar-refractivity contribution in [2.24, 2.45) is 0 Å². The highest BCUT2D eigenvalue weighted by atomic mass is 16.5. The maximum Gasteiger partial charge on any atom is 0.260 e. The molecule has 0 bridgehead atoms. The van der Waals surface area contributed by atoms with E-state index in [4.69, 9.17) is 10.3 Å². The van der Waals surface area contributed by atoms with Gasteiger partial charge in [-0.2, -0.15) is 4.98 Å². The summed E-state index contributed by atoms with van der Waals surface area (Å²) in [4.78, 5) is 23.1. The smallest absolute Gasteiger partial charge is 0.260 e. The number of aromatic amines is 1. The molecule has 3 rings (SSSR count). The first kappa shape index (κ1) is 13.1. The molecule has 8 nitrogen and oxygen atoms in total. The summed E-state index contributed by atoms with van der Waals surface area (Å²) in [7, 11) is 0. The summed E-state index contributed by atoms with van der Waals surface area (Å²) in [5.74, 6) is 1.54. The SMILES string of the molecule is Cc1nc(CCNc2nc3ccc(N)cc3c(=O)[nH]2)no1. The zero-order valence-corrected chi connectivity index (χ0v) is 11.4. The van der Waals surface area contributed by atoms with Gasteiger partial charge in [-0.15, -0.1) is 0 Å². The number of anilines is 2. The Hall–Kier alpha value is -2.90. The molecule has 4 N–H and O–H groups in total. The van der Waals surface area contributed by atoms with Crippen LogP contribution in [0.3, 0.4) is 0 Å². The molecule has 0 unspecified atom stereocenters. The summed E-state index contributed by atoms with van der Waals surface area (Å²) < 4.78 is 4.88. The second-order valence-corrected chi connectivity index (χ2v) is 4.60. The first-order chi connectivity index (χ1) is 10.1. The number of fused-ring (bicyclic) bond motifs is 1. The Morgan fingerprint density at radius 1 is 1.38 bits per heavy atom. The molecule has 2 aromatic heterocycles. The van der Waals surface area contributed by atoms with Crippen LogP contribution in [0.5, 0.6) is 0 Å². The summed E-state index contributed by atoms with van der Waals surface area (Å²) in [6.45, 7) is 2.26. The number of rotatable bonds is 4. The summed E-state index contributed by atoms with van der Waals surface area (Å²) in [6, 6.07) is 5.03. The van der Waals surface area contributed by atoms with E-state index in [2.05, 4.69) is 25.4 Å². The Balaban J connectivity index is 1.75. The molecule has 0 atom stereocenters. The number of benzene rings is 1. The Morgan fingerprint density at radius 2 is 2.24 bits per heavy atom. The van der Waals surface area contributed by atoms with Gasteiger partial charge in [0.2, 0.25) is 11.8 Å². The second kappa shape index (κ2) is 5.23. The first-order valence-corrected chi connectivity index (χ1v) is 6.44. The molecule has 3 aromatic rings. The highest BCUT2D eigenvalue weighted by Crippen LogP contribution is 2.12. The van der Waals surface area contributed by atoms with E-state index < -0.39 is 0 Å². The third-order valence-corrected chi connectivity index (χ3v) is 2.94. The van der Waals surface area contributed by atoms with Crippen LogP contribution >= 0.6 is 0 Å². The number of nitrogen functional groups attached to an aromatic ring is 1. The van der Waals surface area contributed by atoms with Crippen LogP contribution in [-0.2, 0) is 6.42 Å². The lowest BCUT2D eigenvalue weighted by Gasteiger charge is -2.05. The third kappa shape index (κ3) is 2.83. The van der Waals surface area contributed by atoms with Gasteiger partial charge in [0, 0.05) is 25.6 Å². The molecule has 0 amide bonds. The molecule has 8 heteroatoms. The third-order valence-electron chi connectivity index (χ3n) is 2.94. The minimum Gasteiger partial charge on any atom is -0.399 e. The van der Waals surface area contributed by atoms with Gasteiger partial charge in [-0.25, -0.2) is 4.98 Å². The topological polar surface area (TPSA) is 123 Å². The molecule has 0 aliphatic heterocycles. The van der Waals surface area contributed by atoms with E-state index in [1.165, 1.54) is 0 Å². The van der Waals surface area contributed by atoms with Crippen LogP contribution in [0, 0.1) is 6.92 Å². The number of H-pyrrole nitrogens is 1. The molecule has 0 radical (unpaired) electrons. The Bertz CT molecular complexity index is 838. The van der Waals surface area contributed by atoms with Crippen LogP contribution in [0.1, 0.15) is 11.7 Å². The van der Waals surface area contributed by atoms with Crippen LogP contribution in [0.2, 0.25) is 0 Å². The number of nitrogens with one attached hydrogen (secondary N) is 2. The average molecular weight is 286 g/mol. The molecular formula is C13H14N6O2. The van der Waals surface area contributed by atoms with E-state index in [1.807, 2.05) is 0 Å². The highest BCUT2D eigenvalue weighted by molar-refractivity contribution is 5.81. The Kier molecular flexibility index (Phi) is 3.27. The number of hydrogen-bond donors (Lipinski definition) is 3. The number of nitrogens with two attached hydrogens (primary N) is 1. The predicted octanol–water partition coefficient (Wildman–Crippen LogP) is 0.851. The van der Waals surface area contributed by atoms with Gasteiger partial charge in [0.05, 0.1) is 10.9 Å². The standard InChI is InChI=1S/C13H14N6O2/c1-7-16-11(19-21-7)4-5-15-13-17-10-3-2-8(14)6-9(10)12(20)18-13/h2-3,6H,4-5,14H2,1H3,(H2,15,17,18,20). The van der Waals surface area contributed by atoms with Gasteiger partial charge in [0.15, 0.2) is 5.82 Å².